The van der Waals surface area contributed by atoms with Crippen LogP contribution in [0.4, 0.5) is 5.95 Å². The number of sulfonamides is 1. The van der Waals surface area contributed by atoms with E-state index >= 15 is 0 Å². The first-order valence-electron chi connectivity index (χ1n) is 13.6. The molecule has 1 fully saturated rings. The van der Waals surface area contributed by atoms with Crippen molar-refractivity contribution in [2.75, 3.05) is 52.8 Å². The maximum atomic E-state index is 14.1. The summed E-state index contributed by atoms with van der Waals surface area (Å²) < 4.78 is 49.4. The van der Waals surface area contributed by atoms with Gasteiger partial charge in [-0.25, -0.2) is 18.4 Å². The molecule has 0 bridgehead atoms. The van der Waals surface area contributed by atoms with Gasteiger partial charge in [-0.3, -0.25) is 24.1 Å². The normalized spacial score (nSPS) is 17.3. The van der Waals surface area contributed by atoms with Crippen LogP contribution in [0.3, 0.4) is 0 Å². The molecule has 4 heterocycles. The Bertz CT molecular complexity index is 1580. The van der Waals surface area contributed by atoms with Crippen molar-refractivity contribution in [2.45, 2.75) is 31.2 Å². The van der Waals surface area contributed by atoms with Crippen LogP contribution >= 0.6 is 0 Å². The highest BCUT2D eigenvalue weighted by molar-refractivity contribution is 7.93. The Hall–Kier alpha value is -4.05. The molecule has 15 heteroatoms. The first-order chi connectivity index (χ1) is 20.7. The number of likely N-dealkylation sites (tertiary alicyclic amines) is 1. The molecule has 2 aliphatic heterocycles. The van der Waals surface area contributed by atoms with E-state index in [1.807, 2.05) is 17.9 Å². The predicted molar refractivity (Wildman–Crippen MR) is 159 cm³/mol. The molecule has 0 amide bonds. The number of aryl methyl sites for hydroxylation is 1. The number of allylic oxidation sites excluding steroid dienone is 2. The second-order valence-corrected chi connectivity index (χ2v) is 12.2. The number of nitrogens with zero attached hydrogens (tertiary/aromatic N) is 7. The number of hydrogen-bond donors (Lipinski definition) is 1. The number of aromatic nitrogens is 5. The minimum absolute atomic E-state index is 0.00367. The van der Waals surface area contributed by atoms with Crippen LogP contribution in [-0.2, 0) is 19.6 Å². The van der Waals surface area contributed by atoms with E-state index in [0.717, 1.165) is 11.1 Å². The highest BCUT2D eigenvalue weighted by Crippen LogP contribution is 2.38. The van der Waals surface area contributed by atoms with Gasteiger partial charge in [-0.05, 0) is 37.6 Å². The molecule has 2 aromatic heterocycles. The van der Waals surface area contributed by atoms with Crippen molar-refractivity contribution in [3.8, 4) is 17.2 Å². The Morgan fingerprint density at radius 1 is 1.02 bits per heavy atom. The van der Waals surface area contributed by atoms with Crippen molar-refractivity contribution < 1.29 is 27.5 Å². The van der Waals surface area contributed by atoms with Crippen LogP contribution in [0.1, 0.15) is 30.2 Å². The number of ether oxygens (including phenoxy) is 3. The SMILES string of the molecule is COc1cccc(OC)c1-n1c(NS(=O)(=O)[C@H](C)[C@@H](c2ncc(C)cn2)N2CC(OC)C2)nnc1C1=CC=CN(OC)C1. The third kappa shape index (κ3) is 6.06. The van der Waals surface area contributed by atoms with Crippen LogP contribution < -0.4 is 14.2 Å². The third-order valence-electron chi connectivity index (χ3n) is 7.52. The topological polar surface area (TPSA) is 146 Å². The average Bonchev–Trinajstić information content (AvgIpc) is 3.40. The molecule has 230 valence electrons. The summed E-state index contributed by atoms with van der Waals surface area (Å²) in [5.74, 6) is 1.61. The minimum Gasteiger partial charge on any atom is -0.494 e. The Balaban J connectivity index is 1.58. The molecule has 5 rings (SSSR count). The van der Waals surface area contributed by atoms with Gasteiger partial charge in [-0.15, -0.1) is 10.2 Å². The summed E-state index contributed by atoms with van der Waals surface area (Å²) in [5, 5.41) is 9.35. The third-order valence-corrected chi connectivity index (χ3v) is 9.23. The smallest absolute Gasteiger partial charge is 0.243 e. The summed E-state index contributed by atoms with van der Waals surface area (Å²) in [6, 6.07) is 4.64. The maximum absolute atomic E-state index is 14.1. The number of nitrogens with one attached hydrogen (secondary N) is 1. The summed E-state index contributed by atoms with van der Waals surface area (Å²) >= 11 is 0. The van der Waals surface area contributed by atoms with Crippen LogP contribution in [0.5, 0.6) is 11.5 Å². The number of hydroxylamine groups is 2. The molecule has 0 radical (unpaired) electrons. The Kier molecular flexibility index (Phi) is 8.96. The largest absolute Gasteiger partial charge is 0.494 e. The molecule has 3 aromatic rings. The molecule has 0 aliphatic carbocycles. The lowest BCUT2D eigenvalue weighted by Crippen LogP contribution is -2.56. The number of anilines is 1. The van der Waals surface area contributed by atoms with Crippen LogP contribution in [0.2, 0.25) is 0 Å². The average molecular weight is 613 g/mol. The van der Waals surface area contributed by atoms with E-state index in [0.29, 0.717) is 48.5 Å². The number of para-hydroxylation sites is 1. The van der Waals surface area contributed by atoms with E-state index in [4.69, 9.17) is 19.0 Å². The number of rotatable bonds is 12. The minimum atomic E-state index is -4.10. The predicted octanol–water partition coefficient (Wildman–Crippen LogP) is 2.36. The van der Waals surface area contributed by atoms with E-state index in [9.17, 15) is 8.42 Å². The molecule has 2 aliphatic rings. The van der Waals surface area contributed by atoms with Gasteiger partial charge in [0.2, 0.25) is 16.0 Å². The summed E-state index contributed by atoms with van der Waals surface area (Å²) in [5.41, 5.74) is 2.03. The van der Waals surface area contributed by atoms with Crippen molar-refractivity contribution in [1.82, 2.24) is 34.7 Å². The van der Waals surface area contributed by atoms with Crippen molar-refractivity contribution in [3.05, 3.63) is 66.2 Å². The number of hydrogen-bond acceptors (Lipinski definition) is 12. The molecule has 2 atom stereocenters. The maximum Gasteiger partial charge on any atom is 0.243 e. The van der Waals surface area contributed by atoms with Gasteiger partial charge < -0.3 is 14.2 Å². The van der Waals surface area contributed by atoms with Crippen molar-refractivity contribution in [2.24, 2.45) is 0 Å². The van der Waals surface area contributed by atoms with Gasteiger partial charge in [0.1, 0.15) is 28.3 Å². The van der Waals surface area contributed by atoms with E-state index in [1.54, 1.807) is 73.6 Å². The second-order valence-electron chi connectivity index (χ2n) is 10.2. The fraction of sp³-hybridized carbons (Fsp3) is 0.429. The van der Waals surface area contributed by atoms with E-state index in [1.165, 1.54) is 14.2 Å². The van der Waals surface area contributed by atoms with E-state index < -0.39 is 21.3 Å². The molecule has 1 saturated heterocycles. The van der Waals surface area contributed by atoms with Crippen molar-refractivity contribution in [1.29, 1.82) is 0 Å². The van der Waals surface area contributed by atoms with Gasteiger partial charge >= 0.3 is 0 Å². The lowest BCUT2D eigenvalue weighted by Gasteiger charge is -2.44. The van der Waals surface area contributed by atoms with E-state index in [-0.39, 0.29) is 12.1 Å². The zero-order valence-corrected chi connectivity index (χ0v) is 25.8. The Labute approximate surface area is 250 Å². The fourth-order valence-electron chi connectivity index (χ4n) is 5.08. The standard InChI is InChI=1S/C28H36N8O6S/c1-18-13-29-26(30-14-18)24(34-16-21(17-34)39-3)19(2)43(37,38)33-28-32-31-27(20-9-8-12-35(15-20)42-6)36(28)25-22(40-4)10-7-11-23(25)41-5/h7-14,19,21,24H,15-17H2,1-6H3,(H,32,33)/t19-,24+/m1/s1. The lowest BCUT2D eigenvalue weighted by atomic mass is 10.0. The van der Waals surface area contributed by atoms with Gasteiger partial charge in [-0.1, -0.05) is 12.1 Å². The van der Waals surface area contributed by atoms with Gasteiger partial charge in [0.15, 0.2) is 5.82 Å². The second kappa shape index (κ2) is 12.7. The molecule has 43 heavy (non-hydrogen) atoms. The Morgan fingerprint density at radius 3 is 2.30 bits per heavy atom. The molecule has 0 saturated carbocycles. The van der Waals surface area contributed by atoms with E-state index in [2.05, 4.69) is 24.9 Å². The number of benzene rings is 1. The molecule has 1 aromatic carbocycles. The monoisotopic (exact) mass is 612 g/mol. The van der Waals surface area contributed by atoms with Crippen LogP contribution in [0.25, 0.3) is 11.3 Å². The molecular formula is C28H36N8O6S. The Morgan fingerprint density at radius 2 is 1.70 bits per heavy atom. The van der Waals surface area contributed by atoms with Gasteiger partial charge in [0.25, 0.3) is 0 Å². The van der Waals surface area contributed by atoms with Crippen LogP contribution in [0.15, 0.2) is 48.9 Å². The van der Waals surface area contributed by atoms with Gasteiger partial charge in [-0.2, -0.15) is 0 Å². The first-order valence-corrected chi connectivity index (χ1v) is 15.2. The fourth-order valence-corrected chi connectivity index (χ4v) is 6.29. The van der Waals surface area contributed by atoms with Gasteiger partial charge in [0, 0.05) is 44.4 Å². The molecule has 14 nitrogen and oxygen atoms in total. The summed E-state index contributed by atoms with van der Waals surface area (Å²) in [4.78, 5) is 16.4. The van der Waals surface area contributed by atoms with Crippen LogP contribution in [-0.4, -0.2) is 103 Å². The quantitative estimate of drug-likeness (QED) is 0.320. The highest BCUT2D eigenvalue weighted by Gasteiger charge is 2.43. The zero-order chi connectivity index (χ0) is 30.7. The molecule has 0 unspecified atom stereocenters. The summed E-state index contributed by atoms with van der Waals surface area (Å²) in [6.07, 6.45) is 8.81. The molecular weight excluding hydrogens is 576 g/mol. The highest BCUT2D eigenvalue weighted by atomic mass is 32.2. The molecule has 1 N–H and O–H groups in total. The van der Waals surface area contributed by atoms with Gasteiger partial charge in [0.05, 0.1) is 40.0 Å². The zero-order valence-electron chi connectivity index (χ0n) is 25.0. The first kappa shape index (κ1) is 30.4. The lowest BCUT2D eigenvalue weighted by molar-refractivity contribution is -0.0771. The number of methoxy groups -OCH3 is 3. The van der Waals surface area contributed by atoms with Crippen molar-refractivity contribution in [3.63, 3.8) is 0 Å². The summed E-state index contributed by atoms with van der Waals surface area (Å²) in [6.45, 7) is 4.95. The summed E-state index contributed by atoms with van der Waals surface area (Å²) in [7, 11) is 2.14. The molecule has 0 spiro atoms. The van der Waals surface area contributed by atoms with Crippen molar-refractivity contribution >= 4 is 21.5 Å². The van der Waals surface area contributed by atoms with Crippen LogP contribution in [0, 0.1) is 6.92 Å².